The second-order valence-electron chi connectivity index (χ2n) is 9.11. The summed E-state index contributed by atoms with van der Waals surface area (Å²) >= 11 is 0. The minimum atomic E-state index is -3.35. The van der Waals surface area contributed by atoms with Gasteiger partial charge in [-0.05, 0) is 66.6 Å². The van der Waals surface area contributed by atoms with Gasteiger partial charge in [0.2, 0.25) is 0 Å². The Morgan fingerprint density at radius 3 is 2.52 bits per heavy atom. The number of nitrogens with one attached hydrogen (secondary N) is 1. The Bertz CT molecular complexity index is 1130. The number of rotatable bonds is 9. The van der Waals surface area contributed by atoms with E-state index in [4.69, 9.17) is 0 Å². The zero-order chi connectivity index (χ0) is 24.2. The zero-order valence-electron chi connectivity index (χ0n) is 19.4. The smallest absolute Gasteiger partial charge is 0.326 e. The van der Waals surface area contributed by atoms with Crippen LogP contribution in [-0.2, 0) is 21.2 Å². The molecule has 0 saturated carbocycles. The van der Waals surface area contributed by atoms with E-state index >= 15 is 0 Å². The first kappa shape index (κ1) is 24.9. The molecule has 2 aromatic rings. The van der Waals surface area contributed by atoms with E-state index in [1.54, 1.807) is 6.07 Å². The molecule has 8 heteroatoms. The lowest BCUT2D eigenvalue weighted by Gasteiger charge is -2.19. The fraction of sp³-hybridized carbons (Fsp3) is 0.440. The van der Waals surface area contributed by atoms with Gasteiger partial charge in [-0.1, -0.05) is 37.3 Å². The van der Waals surface area contributed by atoms with Crippen molar-refractivity contribution in [1.29, 1.82) is 0 Å². The minimum Gasteiger partial charge on any atom is -0.480 e. The van der Waals surface area contributed by atoms with Crippen LogP contribution in [0.1, 0.15) is 41.3 Å². The number of benzene rings is 2. The van der Waals surface area contributed by atoms with Crippen molar-refractivity contribution < 1.29 is 23.1 Å². The van der Waals surface area contributed by atoms with Crippen molar-refractivity contribution in [2.45, 2.75) is 39.3 Å². The van der Waals surface area contributed by atoms with Crippen LogP contribution >= 0.6 is 0 Å². The van der Waals surface area contributed by atoms with E-state index in [0.29, 0.717) is 11.5 Å². The third kappa shape index (κ3) is 6.88. The third-order valence-electron chi connectivity index (χ3n) is 6.06. The predicted molar refractivity (Wildman–Crippen MR) is 129 cm³/mol. The van der Waals surface area contributed by atoms with Crippen LogP contribution in [0.4, 0.5) is 0 Å². The van der Waals surface area contributed by atoms with E-state index in [2.05, 4.69) is 17.1 Å². The molecule has 1 fully saturated rings. The first-order valence-corrected chi connectivity index (χ1v) is 13.2. The number of carboxylic acids is 1. The van der Waals surface area contributed by atoms with Gasteiger partial charge in [0.05, 0.1) is 5.75 Å². The Morgan fingerprint density at radius 2 is 1.91 bits per heavy atom. The van der Waals surface area contributed by atoms with Crippen molar-refractivity contribution >= 4 is 21.7 Å². The normalized spacial score (nSPS) is 17.6. The van der Waals surface area contributed by atoms with Crippen molar-refractivity contribution in [3.63, 3.8) is 0 Å². The molecule has 2 N–H and O–H groups in total. The maximum absolute atomic E-state index is 13.2. The molecule has 1 heterocycles. The number of hydrogen-bond donors (Lipinski definition) is 2. The van der Waals surface area contributed by atoms with Gasteiger partial charge in [0.1, 0.15) is 15.9 Å². The van der Waals surface area contributed by atoms with Crippen LogP contribution in [0, 0.1) is 12.8 Å². The molecular weight excluding hydrogens is 440 g/mol. The number of aryl methyl sites for hydroxylation is 1. The highest BCUT2D eigenvalue weighted by molar-refractivity contribution is 7.90. The summed E-state index contributed by atoms with van der Waals surface area (Å²) in [6, 6.07) is 12.1. The molecule has 0 aliphatic carbocycles. The highest BCUT2D eigenvalue weighted by Gasteiger charge is 2.25. The minimum absolute atomic E-state index is 0.190. The molecular formula is C25H32N2O5S. The Kier molecular flexibility index (Phi) is 7.92. The highest BCUT2D eigenvalue weighted by atomic mass is 32.2. The Morgan fingerprint density at radius 1 is 1.18 bits per heavy atom. The average molecular weight is 473 g/mol. The molecule has 2 atom stereocenters. The average Bonchev–Trinajstić information content (AvgIpc) is 3.15. The van der Waals surface area contributed by atoms with Crippen molar-refractivity contribution in [3.8, 4) is 11.1 Å². The Hall–Kier alpha value is -2.71. The lowest BCUT2D eigenvalue weighted by atomic mass is 9.93. The molecule has 3 rings (SSSR count). The van der Waals surface area contributed by atoms with Gasteiger partial charge in [0, 0.05) is 24.9 Å². The molecule has 0 radical (unpaired) electrons. The highest BCUT2D eigenvalue weighted by Crippen LogP contribution is 2.29. The summed E-state index contributed by atoms with van der Waals surface area (Å²) in [4.78, 5) is 27.2. The molecule has 1 saturated heterocycles. The second kappa shape index (κ2) is 10.5. The number of carbonyl (C=O) groups is 2. The number of aliphatic carboxylic acids is 1. The summed E-state index contributed by atoms with van der Waals surface area (Å²) in [7, 11) is -3.35. The summed E-state index contributed by atoms with van der Waals surface area (Å²) in [5, 5.41) is 12.0. The molecule has 0 bridgehead atoms. The van der Waals surface area contributed by atoms with Crippen LogP contribution in [0.15, 0.2) is 42.5 Å². The second-order valence-corrected chi connectivity index (χ2v) is 11.4. The molecule has 7 nitrogen and oxygen atoms in total. The van der Waals surface area contributed by atoms with Crippen molar-refractivity contribution in [2.75, 3.05) is 25.1 Å². The molecule has 2 aromatic carbocycles. The van der Waals surface area contributed by atoms with Gasteiger partial charge in [0.15, 0.2) is 0 Å². The number of likely N-dealkylation sites (tertiary alicyclic amines) is 1. The van der Waals surface area contributed by atoms with Crippen LogP contribution in [0.2, 0.25) is 0 Å². The van der Waals surface area contributed by atoms with Crippen molar-refractivity contribution in [1.82, 2.24) is 10.2 Å². The number of carboxylic acid groups (broad SMARTS) is 1. The maximum atomic E-state index is 13.2. The first-order chi connectivity index (χ1) is 15.5. The Labute approximate surface area is 195 Å². The van der Waals surface area contributed by atoms with E-state index in [1.807, 2.05) is 43.3 Å². The summed E-state index contributed by atoms with van der Waals surface area (Å²) in [6.45, 7) is 7.09. The van der Waals surface area contributed by atoms with Crippen LogP contribution in [-0.4, -0.2) is 61.4 Å². The van der Waals surface area contributed by atoms with E-state index in [-0.39, 0.29) is 12.2 Å². The molecule has 1 aliphatic rings. The van der Waals surface area contributed by atoms with Gasteiger partial charge in [-0.3, -0.25) is 9.69 Å². The van der Waals surface area contributed by atoms with Gasteiger partial charge in [0.25, 0.3) is 5.91 Å². The van der Waals surface area contributed by atoms with E-state index in [1.165, 1.54) is 6.42 Å². The predicted octanol–water partition coefficient (Wildman–Crippen LogP) is 3.12. The SMILES string of the molecule is Cc1ccccc1-c1cc(CN2CCC(C)C2)ccc1C(=O)NC(CCS(C)(=O)=O)C(=O)O. The number of nitrogens with zero attached hydrogens (tertiary/aromatic N) is 1. The summed E-state index contributed by atoms with van der Waals surface area (Å²) in [5.74, 6) is -1.44. The van der Waals surface area contributed by atoms with E-state index in [0.717, 1.165) is 48.1 Å². The van der Waals surface area contributed by atoms with Crippen LogP contribution in [0.5, 0.6) is 0 Å². The summed E-state index contributed by atoms with van der Waals surface area (Å²) in [6.07, 6.45) is 2.03. The van der Waals surface area contributed by atoms with Gasteiger partial charge in [-0.25, -0.2) is 13.2 Å². The standard InChI is InChI=1S/C25H32N2O5S/c1-17-10-12-27(15-17)16-19-8-9-21(22(14-19)20-7-5-4-6-18(20)2)24(28)26-23(25(29)30)11-13-33(3,31)32/h4-9,14,17,23H,10-13,15-16H2,1-3H3,(H,26,28)(H,29,30). The fourth-order valence-corrected chi connectivity index (χ4v) is 4.90. The molecule has 178 valence electrons. The molecule has 1 aliphatic heterocycles. The van der Waals surface area contributed by atoms with Crippen molar-refractivity contribution in [2.24, 2.45) is 5.92 Å². The van der Waals surface area contributed by atoms with Crippen LogP contribution < -0.4 is 5.32 Å². The summed E-state index contributed by atoms with van der Waals surface area (Å²) < 4.78 is 23.0. The van der Waals surface area contributed by atoms with Crippen LogP contribution in [0.3, 0.4) is 0 Å². The topological polar surface area (TPSA) is 104 Å². The molecule has 0 aromatic heterocycles. The number of hydrogen-bond acceptors (Lipinski definition) is 5. The van der Waals surface area contributed by atoms with Crippen molar-refractivity contribution in [3.05, 3.63) is 59.2 Å². The van der Waals surface area contributed by atoms with Gasteiger partial charge in [-0.15, -0.1) is 0 Å². The molecule has 0 spiro atoms. The van der Waals surface area contributed by atoms with Gasteiger partial charge in [-0.2, -0.15) is 0 Å². The van der Waals surface area contributed by atoms with E-state index < -0.39 is 27.8 Å². The molecule has 2 unspecified atom stereocenters. The summed E-state index contributed by atoms with van der Waals surface area (Å²) in [5.41, 5.74) is 4.11. The number of sulfone groups is 1. The monoisotopic (exact) mass is 472 g/mol. The van der Waals surface area contributed by atoms with E-state index in [9.17, 15) is 23.1 Å². The molecule has 1 amide bonds. The molecule has 33 heavy (non-hydrogen) atoms. The van der Waals surface area contributed by atoms with Crippen LogP contribution in [0.25, 0.3) is 11.1 Å². The quantitative estimate of drug-likeness (QED) is 0.581. The Balaban J connectivity index is 1.91. The number of amides is 1. The fourth-order valence-electron chi connectivity index (χ4n) is 4.24. The first-order valence-electron chi connectivity index (χ1n) is 11.2. The van der Waals surface area contributed by atoms with Gasteiger partial charge >= 0.3 is 5.97 Å². The maximum Gasteiger partial charge on any atom is 0.326 e. The third-order valence-corrected chi connectivity index (χ3v) is 7.04. The lowest BCUT2D eigenvalue weighted by Crippen LogP contribution is -2.42. The lowest BCUT2D eigenvalue weighted by molar-refractivity contribution is -0.139. The van der Waals surface area contributed by atoms with Gasteiger partial charge < -0.3 is 10.4 Å². The number of carbonyl (C=O) groups excluding carboxylic acids is 1. The zero-order valence-corrected chi connectivity index (χ0v) is 20.2. The largest absolute Gasteiger partial charge is 0.480 e.